The van der Waals surface area contributed by atoms with Crippen LogP contribution < -0.4 is 0 Å². The molecular formula is C19H12Cl4O5S. The first-order chi connectivity index (χ1) is 13.5. The summed E-state index contributed by atoms with van der Waals surface area (Å²) in [7, 11) is -5.17. The Hall–Kier alpha value is -1.67. The van der Waals surface area contributed by atoms with E-state index in [1.54, 1.807) is 0 Å². The predicted octanol–water partition coefficient (Wildman–Crippen LogP) is 5.89. The summed E-state index contributed by atoms with van der Waals surface area (Å²) in [6.07, 6.45) is 0. The lowest BCUT2D eigenvalue weighted by atomic mass is 9.83. The van der Waals surface area contributed by atoms with E-state index in [2.05, 4.69) is 0 Å². The summed E-state index contributed by atoms with van der Waals surface area (Å²) >= 11 is 24.8. The largest absolute Gasteiger partial charge is 0.508 e. The van der Waals surface area contributed by atoms with Gasteiger partial charge in [0.15, 0.2) is 4.75 Å². The number of para-hydroxylation sites is 1. The van der Waals surface area contributed by atoms with Gasteiger partial charge in [0.05, 0.1) is 5.02 Å². The smallest absolute Gasteiger partial charge is 0.283 e. The number of phenolic OH excluding ortho intramolecular Hbond substituents is 2. The first kappa shape index (κ1) is 22.0. The Kier molecular flexibility index (Phi) is 5.98. The zero-order valence-electron chi connectivity index (χ0n) is 14.3. The van der Waals surface area contributed by atoms with Crippen molar-refractivity contribution in [3.8, 4) is 11.5 Å². The Labute approximate surface area is 186 Å². The Morgan fingerprint density at radius 2 is 1.28 bits per heavy atom. The van der Waals surface area contributed by atoms with Crippen LogP contribution in [0.2, 0.25) is 20.1 Å². The normalized spacial score (nSPS) is 13.8. The van der Waals surface area contributed by atoms with Crippen molar-refractivity contribution in [2.24, 2.45) is 0 Å². The fourth-order valence-corrected chi connectivity index (χ4v) is 5.98. The quantitative estimate of drug-likeness (QED) is 0.311. The van der Waals surface area contributed by atoms with Gasteiger partial charge in [0.2, 0.25) is 0 Å². The van der Waals surface area contributed by atoms with Crippen LogP contribution in [0.15, 0.2) is 54.6 Å². The number of halogens is 4. The number of hydrogen-bond donors (Lipinski definition) is 3. The number of rotatable bonds is 4. The van der Waals surface area contributed by atoms with Gasteiger partial charge in [0.25, 0.3) is 10.1 Å². The molecule has 0 amide bonds. The highest BCUT2D eigenvalue weighted by atomic mass is 35.5. The first-order valence-electron chi connectivity index (χ1n) is 7.90. The maximum Gasteiger partial charge on any atom is 0.283 e. The molecule has 29 heavy (non-hydrogen) atoms. The van der Waals surface area contributed by atoms with Crippen molar-refractivity contribution in [2.45, 2.75) is 4.75 Å². The second kappa shape index (κ2) is 7.87. The minimum atomic E-state index is -5.17. The van der Waals surface area contributed by atoms with Gasteiger partial charge in [-0.2, -0.15) is 8.42 Å². The summed E-state index contributed by atoms with van der Waals surface area (Å²) in [6, 6.07) is 11.7. The third-order valence-electron chi connectivity index (χ3n) is 4.40. The molecule has 0 fully saturated rings. The fraction of sp³-hybridized carbons (Fsp3) is 0.0526. The molecule has 3 rings (SSSR count). The number of aromatic hydroxyl groups is 2. The summed E-state index contributed by atoms with van der Waals surface area (Å²) in [5, 5.41) is 20.1. The maximum atomic E-state index is 13.0. The van der Waals surface area contributed by atoms with Crippen molar-refractivity contribution in [1.29, 1.82) is 0 Å². The Bertz CT molecular complexity index is 1190. The highest BCUT2D eigenvalue weighted by Gasteiger charge is 2.53. The van der Waals surface area contributed by atoms with Crippen molar-refractivity contribution < 1.29 is 23.2 Å². The SMILES string of the molecule is O=S(=O)(O)C(c1ccccc1O)(c1cc(O)c(Cl)cc1Cl)c1c(Cl)cccc1Cl. The predicted molar refractivity (Wildman–Crippen MR) is 114 cm³/mol. The van der Waals surface area contributed by atoms with Gasteiger partial charge in [-0.3, -0.25) is 4.55 Å². The second-order valence-electron chi connectivity index (χ2n) is 6.05. The molecule has 1 atom stereocenters. The highest BCUT2D eigenvalue weighted by molar-refractivity contribution is 7.87. The highest BCUT2D eigenvalue weighted by Crippen LogP contribution is 2.53. The van der Waals surface area contributed by atoms with Gasteiger partial charge in [-0.25, -0.2) is 0 Å². The molecule has 0 aromatic heterocycles. The monoisotopic (exact) mass is 492 g/mol. The molecule has 0 heterocycles. The van der Waals surface area contributed by atoms with Crippen LogP contribution in [0, 0.1) is 0 Å². The summed E-state index contributed by atoms with van der Waals surface area (Å²) in [4.78, 5) is 0. The molecule has 5 nitrogen and oxygen atoms in total. The first-order valence-corrected chi connectivity index (χ1v) is 10.9. The molecule has 3 aromatic carbocycles. The number of phenols is 2. The lowest BCUT2D eigenvalue weighted by Crippen LogP contribution is -2.39. The topological polar surface area (TPSA) is 94.8 Å². The lowest BCUT2D eigenvalue weighted by Gasteiger charge is -2.34. The molecule has 1 unspecified atom stereocenters. The third-order valence-corrected chi connectivity index (χ3v) is 7.06. The van der Waals surface area contributed by atoms with E-state index in [1.807, 2.05) is 0 Å². The van der Waals surface area contributed by atoms with Crippen molar-refractivity contribution in [1.82, 2.24) is 0 Å². The lowest BCUT2D eigenvalue weighted by molar-refractivity contribution is 0.439. The van der Waals surface area contributed by atoms with Crippen molar-refractivity contribution in [3.05, 3.63) is 91.4 Å². The van der Waals surface area contributed by atoms with Gasteiger partial charge < -0.3 is 10.2 Å². The van der Waals surface area contributed by atoms with E-state index in [1.165, 1.54) is 42.5 Å². The number of benzene rings is 3. The molecule has 0 spiro atoms. The van der Waals surface area contributed by atoms with E-state index >= 15 is 0 Å². The zero-order valence-corrected chi connectivity index (χ0v) is 18.1. The van der Waals surface area contributed by atoms with Gasteiger partial charge in [-0.05, 0) is 30.3 Å². The van der Waals surface area contributed by atoms with Gasteiger partial charge in [-0.15, -0.1) is 0 Å². The van der Waals surface area contributed by atoms with E-state index in [9.17, 15) is 23.2 Å². The van der Waals surface area contributed by atoms with E-state index in [0.29, 0.717) is 0 Å². The van der Waals surface area contributed by atoms with Crippen molar-refractivity contribution in [2.75, 3.05) is 0 Å². The Balaban J connectivity index is 2.68. The molecule has 0 bridgehead atoms. The minimum absolute atomic E-state index is 0.121. The average molecular weight is 494 g/mol. The standard InChI is InChI=1S/C19H12Cl4O5S/c20-12-5-3-6-13(21)18(12)19(29(26,27)28,10-4-1-2-7-16(10)24)11-8-17(25)15(23)9-14(11)22/h1-9,24-25H,(H,26,27,28). The van der Waals surface area contributed by atoms with Crippen molar-refractivity contribution >= 4 is 56.5 Å². The molecule has 3 aromatic rings. The van der Waals surface area contributed by atoms with Crippen LogP contribution in [0.4, 0.5) is 0 Å². The van der Waals surface area contributed by atoms with Crippen LogP contribution >= 0.6 is 46.4 Å². The zero-order chi connectivity index (χ0) is 21.6. The minimum Gasteiger partial charge on any atom is -0.508 e. The van der Waals surface area contributed by atoms with Crippen LogP contribution in [0.1, 0.15) is 16.7 Å². The van der Waals surface area contributed by atoms with Gasteiger partial charge in [0, 0.05) is 31.8 Å². The molecule has 10 heteroatoms. The molecule has 152 valence electrons. The molecule has 0 radical (unpaired) electrons. The third kappa shape index (κ3) is 3.54. The van der Waals surface area contributed by atoms with Crippen LogP contribution in [0.25, 0.3) is 0 Å². The van der Waals surface area contributed by atoms with E-state index < -0.39 is 26.4 Å². The Morgan fingerprint density at radius 3 is 1.83 bits per heavy atom. The maximum absolute atomic E-state index is 13.0. The van der Waals surface area contributed by atoms with E-state index in [-0.39, 0.29) is 36.8 Å². The molecule has 3 N–H and O–H groups in total. The molecular weight excluding hydrogens is 482 g/mol. The Morgan fingerprint density at radius 1 is 0.690 bits per heavy atom. The van der Waals surface area contributed by atoms with E-state index in [0.717, 1.165) is 12.1 Å². The number of hydrogen-bond acceptors (Lipinski definition) is 4. The fourth-order valence-electron chi connectivity index (χ4n) is 3.23. The van der Waals surface area contributed by atoms with Crippen molar-refractivity contribution in [3.63, 3.8) is 0 Å². The summed E-state index contributed by atoms with van der Waals surface area (Å²) in [5.74, 6) is -0.982. The van der Waals surface area contributed by atoms with Crippen LogP contribution in [0.5, 0.6) is 11.5 Å². The summed E-state index contributed by atoms with van der Waals surface area (Å²) in [5.41, 5.74) is -0.836. The molecule has 0 aliphatic carbocycles. The van der Waals surface area contributed by atoms with E-state index in [4.69, 9.17) is 46.4 Å². The summed E-state index contributed by atoms with van der Waals surface area (Å²) in [6.45, 7) is 0. The second-order valence-corrected chi connectivity index (χ2v) is 9.24. The van der Waals surface area contributed by atoms with Crippen LogP contribution in [0.3, 0.4) is 0 Å². The van der Waals surface area contributed by atoms with Gasteiger partial charge in [0.1, 0.15) is 11.5 Å². The molecule has 0 saturated heterocycles. The molecule has 0 saturated carbocycles. The van der Waals surface area contributed by atoms with Crippen LogP contribution in [-0.2, 0) is 14.9 Å². The van der Waals surface area contributed by atoms with Gasteiger partial charge >= 0.3 is 0 Å². The summed E-state index contributed by atoms with van der Waals surface area (Å²) < 4.78 is 34.0. The molecule has 0 aliphatic heterocycles. The van der Waals surface area contributed by atoms with Crippen LogP contribution in [-0.4, -0.2) is 23.2 Å². The van der Waals surface area contributed by atoms with Gasteiger partial charge in [-0.1, -0.05) is 70.7 Å². The molecule has 0 aliphatic rings. The average Bonchev–Trinajstić information content (AvgIpc) is 2.62.